The number of carbonyl (C=O) groups is 2. The van der Waals surface area contributed by atoms with Crippen molar-refractivity contribution in [1.29, 1.82) is 0 Å². The van der Waals surface area contributed by atoms with E-state index in [0.717, 1.165) is 0 Å². The third kappa shape index (κ3) is 6.91. The lowest BCUT2D eigenvalue weighted by Gasteiger charge is -2.39. The number of esters is 1. The molecule has 0 aromatic rings. The standard InChI is InChI=1S/C16H33NO5Si/c1-14(2,3)22-13(19)17-16(7,12(18)20-8)11-21-23(9,10)15(4,5)6/h11H2,1-10H3,(H,17,19)/t16-/m1/s1. The van der Waals surface area contributed by atoms with Crippen LogP contribution in [0.25, 0.3) is 0 Å². The van der Waals surface area contributed by atoms with E-state index in [9.17, 15) is 9.59 Å². The topological polar surface area (TPSA) is 73.9 Å². The van der Waals surface area contributed by atoms with Crippen LogP contribution >= 0.6 is 0 Å². The first-order valence-electron chi connectivity index (χ1n) is 7.78. The summed E-state index contributed by atoms with van der Waals surface area (Å²) in [4.78, 5) is 24.2. The molecule has 0 aromatic carbocycles. The number of alkyl carbamates (subject to hydrolysis) is 1. The summed E-state index contributed by atoms with van der Waals surface area (Å²) in [5.41, 5.74) is -1.95. The first-order chi connectivity index (χ1) is 10.0. The van der Waals surface area contributed by atoms with Crippen LogP contribution < -0.4 is 5.32 Å². The normalized spacial score (nSPS) is 15.6. The molecule has 0 aliphatic rings. The van der Waals surface area contributed by atoms with Gasteiger partial charge in [-0.05, 0) is 45.8 Å². The second-order valence-corrected chi connectivity index (χ2v) is 13.3. The van der Waals surface area contributed by atoms with E-state index in [0.29, 0.717) is 0 Å². The van der Waals surface area contributed by atoms with Gasteiger partial charge in [-0.25, -0.2) is 9.59 Å². The van der Waals surface area contributed by atoms with Gasteiger partial charge >= 0.3 is 12.1 Å². The van der Waals surface area contributed by atoms with Crippen molar-refractivity contribution in [2.24, 2.45) is 0 Å². The monoisotopic (exact) mass is 347 g/mol. The third-order valence-corrected chi connectivity index (χ3v) is 8.42. The number of hydrogen-bond acceptors (Lipinski definition) is 5. The number of ether oxygens (including phenoxy) is 2. The summed E-state index contributed by atoms with van der Waals surface area (Å²) in [7, 11) is -0.790. The Kier molecular flexibility index (Phi) is 6.87. The van der Waals surface area contributed by atoms with Crippen LogP contribution in [0.5, 0.6) is 0 Å². The molecule has 0 saturated carbocycles. The van der Waals surface area contributed by atoms with E-state index in [2.05, 4.69) is 39.2 Å². The lowest BCUT2D eigenvalue weighted by Crippen LogP contribution is -2.59. The molecule has 0 rings (SSSR count). The van der Waals surface area contributed by atoms with Crippen LogP contribution in [0.15, 0.2) is 0 Å². The summed E-state index contributed by atoms with van der Waals surface area (Å²) < 4.78 is 16.1. The molecule has 0 bridgehead atoms. The van der Waals surface area contributed by atoms with Crippen LogP contribution in [0.2, 0.25) is 18.1 Å². The zero-order valence-corrected chi connectivity index (χ0v) is 17.2. The largest absolute Gasteiger partial charge is 0.467 e. The molecule has 0 aliphatic heterocycles. The minimum absolute atomic E-state index is 0.00402. The zero-order chi connectivity index (χ0) is 18.7. The SMILES string of the molecule is COC(=O)[C@@](C)(CO[Si](C)(C)C(C)(C)C)NC(=O)OC(C)(C)C. The maximum absolute atomic E-state index is 12.1. The predicted octanol–water partition coefficient (Wildman–Crippen LogP) is 3.46. The molecule has 0 aromatic heterocycles. The molecule has 7 heteroatoms. The van der Waals surface area contributed by atoms with Crippen molar-refractivity contribution in [1.82, 2.24) is 5.32 Å². The Morgan fingerprint density at radius 2 is 1.48 bits per heavy atom. The maximum Gasteiger partial charge on any atom is 0.408 e. The first-order valence-corrected chi connectivity index (χ1v) is 10.7. The van der Waals surface area contributed by atoms with Gasteiger partial charge < -0.3 is 19.2 Å². The fraction of sp³-hybridized carbons (Fsp3) is 0.875. The number of carbonyl (C=O) groups excluding carboxylic acids is 2. The molecule has 1 atom stereocenters. The van der Waals surface area contributed by atoms with Crippen molar-refractivity contribution >= 4 is 20.4 Å². The van der Waals surface area contributed by atoms with Gasteiger partial charge in [-0.1, -0.05) is 20.8 Å². The quantitative estimate of drug-likeness (QED) is 0.609. The molecule has 0 heterocycles. The summed E-state index contributed by atoms with van der Waals surface area (Å²) in [5.74, 6) is -0.568. The van der Waals surface area contributed by atoms with Crippen molar-refractivity contribution in [2.75, 3.05) is 13.7 Å². The molecule has 0 saturated heterocycles. The molecule has 0 aliphatic carbocycles. The molecular weight excluding hydrogens is 314 g/mol. The van der Waals surface area contributed by atoms with Gasteiger partial charge in [0.05, 0.1) is 13.7 Å². The van der Waals surface area contributed by atoms with E-state index in [1.165, 1.54) is 7.11 Å². The predicted molar refractivity (Wildman–Crippen MR) is 92.9 cm³/mol. The second-order valence-electron chi connectivity index (χ2n) is 8.50. The van der Waals surface area contributed by atoms with E-state index >= 15 is 0 Å². The van der Waals surface area contributed by atoms with Crippen molar-refractivity contribution in [3.05, 3.63) is 0 Å². The number of nitrogens with one attached hydrogen (secondary N) is 1. The molecule has 0 fully saturated rings. The maximum atomic E-state index is 12.1. The Morgan fingerprint density at radius 3 is 1.83 bits per heavy atom. The van der Waals surface area contributed by atoms with Crippen LogP contribution in [0, 0.1) is 0 Å². The molecular formula is C16H33NO5Si. The first kappa shape index (κ1) is 21.9. The Balaban J connectivity index is 5.14. The molecule has 1 N–H and O–H groups in total. The fourth-order valence-electron chi connectivity index (χ4n) is 1.44. The molecule has 23 heavy (non-hydrogen) atoms. The molecule has 0 unspecified atom stereocenters. The summed E-state index contributed by atoms with van der Waals surface area (Å²) in [5, 5.41) is 2.58. The summed E-state index contributed by atoms with van der Waals surface area (Å²) in [6.45, 7) is 17.4. The minimum Gasteiger partial charge on any atom is -0.467 e. The number of amides is 1. The second kappa shape index (κ2) is 7.21. The summed E-state index contributed by atoms with van der Waals surface area (Å²) in [6.07, 6.45) is -0.677. The van der Waals surface area contributed by atoms with E-state index in [-0.39, 0.29) is 11.6 Å². The highest BCUT2D eigenvalue weighted by atomic mass is 28.4. The average Bonchev–Trinajstić information content (AvgIpc) is 2.31. The zero-order valence-electron chi connectivity index (χ0n) is 16.2. The summed E-state index contributed by atoms with van der Waals surface area (Å²) in [6, 6.07) is 0. The summed E-state index contributed by atoms with van der Waals surface area (Å²) >= 11 is 0. The van der Waals surface area contributed by atoms with Gasteiger partial charge in [-0.2, -0.15) is 0 Å². The number of rotatable bonds is 5. The van der Waals surface area contributed by atoms with E-state index in [1.54, 1.807) is 27.7 Å². The van der Waals surface area contributed by atoms with Gasteiger partial charge in [0, 0.05) is 0 Å². The number of hydrogen-bond donors (Lipinski definition) is 1. The van der Waals surface area contributed by atoms with Gasteiger partial charge in [-0.3, -0.25) is 0 Å². The van der Waals surface area contributed by atoms with Crippen LogP contribution in [0.3, 0.4) is 0 Å². The van der Waals surface area contributed by atoms with Crippen molar-refractivity contribution in [3.8, 4) is 0 Å². The van der Waals surface area contributed by atoms with Gasteiger partial charge in [0.15, 0.2) is 13.9 Å². The van der Waals surface area contributed by atoms with Crippen molar-refractivity contribution < 1.29 is 23.5 Å². The van der Waals surface area contributed by atoms with E-state index < -0.39 is 31.5 Å². The Labute approximate surface area is 141 Å². The molecule has 1 amide bonds. The Morgan fingerprint density at radius 1 is 1.00 bits per heavy atom. The smallest absolute Gasteiger partial charge is 0.408 e. The molecule has 6 nitrogen and oxygen atoms in total. The van der Waals surface area contributed by atoms with Gasteiger partial charge in [-0.15, -0.1) is 0 Å². The highest BCUT2D eigenvalue weighted by Gasteiger charge is 2.43. The van der Waals surface area contributed by atoms with Crippen LogP contribution in [0.4, 0.5) is 4.79 Å². The van der Waals surface area contributed by atoms with Gasteiger partial charge in [0.1, 0.15) is 5.60 Å². The lowest BCUT2D eigenvalue weighted by molar-refractivity contribution is -0.149. The Bertz CT molecular complexity index is 437. The van der Waals surface area contributed by atoms with E-state index in [1.807, 2.05) is 0 Å². The average molecular weight is 348 g/mol. The number of methoxy groups -OCH3 is 1. The van der Waals surface area contributed by atoms with Crippen LogP contribution in [-0.4, -0.2) is 45.2 Å². The van der Waals surface area contributed by atoms with Gasteiger partial charge in [0.25, 0.3) is 0 Å². The highest BCUT2D eigenvalue weighted by molar-refractivity contribution is 6.74. The van der Waals surface area contributed by atoms with E-state index in [4.69, 9.17) is 13.9 Å². The van der Waals surface area contributed by atoms with Crippen molar-refractivity contribution in [3.63, 3.8) is 0 Å². The molecule has 136 valence electrons. The van der Waals surface area contributed by atoms with Gasteiger partial charge in [0.2, 0.25) is 0 Å². The highest BCUT2D eigenvalue weighted by Crippen LogP contribution is 2.37. The third-order valence-electron chi connectivity index (χ3n) is 3.94. The minimum atomic E-state index is -2.07. The van der Waals surface area contributed by atoms with Crippen LogP contribution in [-0.2, 0) is 18.7 Å². The van der Waals surface area contributed by atoms with Crippen LogP contribution in [0.1, 0.15) is 48.5 Å². The molecule has 0 radical (unpaired) electrons. The molecule has 0 spiro atoms. The Hall–Kier alpha value is -1.08. The van der Waals surface area contributed by atoms with Crippen molar-refractivity contribution in [2.45, 2.75) is 77.7 Å². The lowest BCUT2D eigenvalue weighted by atomic mass is 10.1. The fourth-order valence-corrected chi connectivity index (χ4v) is 2.52.